The largest absolute Gasteiger partial charge is 0.465 e. The highest BCUT2D eigenvalue weighted by molar-refractivity contribution is 5.95. The van der Waals surface area contributed by atoms with Crippen molar-refractivity contribution in [3.63, 3.8) is 0 Å². The number of anilines is 2. The van der Waals surface area contributed by atoms with Gasteiger partial charge in [-0.2, -0.15) is 0 Å². The lowest BCUT2D eigenvalue weighted by Crippen LogP contribution is -2.15. The number of amides is 1. The van der Waals surface area contributed by atoms with Crippen molar-refractivity contribution in [2.75, 3.05) is 18.2 Å². The first-order valence-electron chi connectivity index (χ1n) is 6.42. The van der Waals surface area contributed by atoms with Gasteiger partial charge in [0.1, 0.15) is 0 Å². The molecular weight excluding hydrogens is 268 g/mol. The molecule has 108 valence electrons. The first kappa shape index (κ1) is 14.6. The average Bonchev–Trinajstić information content (AvgIpc) is 2.49. The molecule has 0 heterocycles. The van der Waals surface area contributed by atoms with E-state index in [4.69, 9.17) is 5.73 Å². The number of para-hydroxylation sites is 1. The number of rotatable bonds is 4. The molecule has 0 aromatic heterocycles. The van der Waals surface area contributed by atoms with E-state index >= 15 is 0 Å². The van der Waals surface area contributed by atoms with Gasteiger partial charge in [-0.05, 0) is 29.8 Å². The number of carbonyl (C=O) groups excluding carboxylic acids is 2. The van der Waals surface area contributed by atoms with Crippen LogP contribution in [0.15, 0.2) is 48.5 Å². The highest BCUT2D eigenvalue weighted by atomic mass is 16.5. The predicted octanol–water partition coefficient (Wildman–Crippen LogP) is 2.24. The first-order chi connectivity index (χ1) is 10.1. The molecule has 2 rings (SSSR count). The second-order valence-electron chi connectivity index (χ2n) is 4.50. The fourth-order valence-corrected chi connectivity index (χ4v) is 1.92. The Morgan fingerprint density at radius 2 is 1.90 bits per heavy atom. The molecule has 0 saturated carbocycles. The van der Waals surface area contributed by atoms with Crippen molar-refractivity contribution in [1.29, 1.82) is 0 Å². The Morgan fingerprint density at radius 3 is 2.62 bits per heavy atom. The molecule has 2 aromatic rings. The van der Waals surface area contributed by atoms with E-state index in [2.05, 4.69) is 10.1 Å². The van der Waals surface area contributed by atoms with Gasteiger partial charge >= 0.3 is 5.97 Å². The van der Waals surface area contributed by atoms with Crippen molar-refractivity contribution in [2.45, 2.75) is 6.42 Å². The third kappa shape index (κ3) is 3.82. The van der Waals surface area contributed by atoms with E-state index in [1.165, 1.54) is 7.11 Å². The van der Waals surface area contributed by atoms with Crippen LogP contribution in [0.1, 0.15) is 15.9 Å². The molecule has 21 heavy (non-hydrogen) atoms. The molecule has 0 bridgehead atoms. The summed E-state index contributed by atoms with van der Waals surface area (Å²) in [5.74, 6) is -0.645. The number of methoxy groups -OCH3 is 1. The van der Waals surface area contributed by atoms with E-state index in [0.717, 1.165) is 5.56 Å². The molecule has 0 radical (unpaired) electrons. The van der Waals surface area contributed by atoms with Gasteiger partial charge in [0.25, 0.3) is 0 Å². The molecule has 0 unspecified atom stereocenters. The van der Waals surface area contributed by atoms with Crippen molar-refractivity contribution in [3.8, 4) is 0 Å². The Morgan fingerprint density at radius 1 is 1.14 bits per heavy atom. The maximum absolute atomic E-state index is 12.0. The smallest absolute Gasteiger partial charge is 0.337 e. The number of nitrogens with one attached hydrogen (secondary N) is 1. The van der Waals surface area contributed by atoms with Gasteiger partial charge in [0.15, 0.2) is 0 Å². The van der Waals surface area contributed by atoms with Gasteiger partial charge in [-0.3, -0.25) is 4.79 Å². The maximum atomic E-state index is 12.0. The quantitative estimate of drug-likeness (QED) is 0.666. The minimum absolute atomic E-state index is 0.176. The Kier molecular flexibility index (Phi) is 4.56. The van der Waals surface area contributed by atoms with Crippen LogP contribution in [-0.4, -0.2) is 19.0 Å². The van der Waals surface area contributed by atoms with E-state index in [0.29, 0.717) is 16.9 Å². The van der Waals surface area contributed by atoms with Crippen LogP contribution in [0.3, 0.4) is 0 Å². The van der Waals surface area contributed by atoms with Crippen LogP contribution in [0.4, 0.5) is 11.4 Å². The zero-order valence-electron chi connectivity index (χ0n) is 11.6. The monoisotopic (exact) mass is 284 g/mol. The number of nitrogen functional groups attached to an aromatic ring is 1. The van der Waals surface area contributed by atoms with E-state index in [-0.39, 0.29) is 12.3 Å². The molecule has 1 amide bonds. The topological polar surface area (TPSA) is 81.4 Å². The molecule has 0 saturated heterocycles. The second kappa shape index (κ2) is 6.56. The Labute approximate surface area is 122 Å². The summed E-state index contributed by atoms with van der Waals surface area (Å²) in [6.07, 6.45) is 0.176. The highest BCUT2D eigenvalue weighted by Gasteiger charge is 2.09. The van der Waals surface area contributed by atoms with Gasteiger partial charge in [-0.15, -0.1) is 0 Å². The van der Waals surface area contributed by atoms with Crippen LogP contribution in [0.5, 0.6) is 0 Å². The summed E-state index contributed by atoms with van der Waals surface area (Å²) < 4.78 is 4.64. The predicted molar refractivity (Wildman–Crippen MR) is 81.0 cm³/mol. The van der Waals surface area contributed by atoms with E-state index in [1.54, 1.807) is 36.4 Å². The zero-order chi connectivity index (χ0) is 15.2. The summed E-state index contributed by atoms with van der Waals surface area (Å²) >= 11 is 0. The summed E-state index contributed by atoms with van der Waals surface area (Å²) in [4.78, 5) is 23.4. The van der Waals surface area contributed by atoms with Crippen LogP contribution in [0, 0.1) is 0 Å². The number of esters is 1. The average molecular weight is 284 g/mol. The molecular formula is C16H16N2O3. The van der Waals surface area contributed by atoms with Crippen LogP contribution < -0.4 is 11.1 Å². The fourth-order valence-electron chi connectivity index (χ4n) is 1.92. The Hall–Kier alpha value is -2.82. The summed E-state index contributed by atoms with van der Waals surface area (Å²) in [6, 6.07) is 13.8. The fraction of sp³-hybridized carbons (Fsp3) is 0.125. The molecule has 0 aliphatic carbocycles. The zero-order valence-corrected chi connectivity index (χ0v) is 11.6. The van der Waals surface area contributed by atoms with E-state index < -0.39 is 5.97 Å². The highest BCUT2D eigenvalue weighted by Crippen LogP contribution is 2.14. The van der Waals surface area contributed by atoms with Crippen molar-refractivity contribution in [1.82, 2.24) is 0 Å². The van der Waals surface area contributed by atoms with Crippen molar-refractivity contribution >= 4 is 23.3 Å². The summed E-state index contributed by atoms with van der Waals surface area (Å²) in [5.41, 5.74) is 8.07. The summed E-state index contributed by atoms with van der Waals surface area (Å²) in [7, 11) is 1.31. The second-order valence-corrected chi connectivity index (χ2v) is 4.50. The first-order valence-corrected chi connectivity index (χ1v) is 6.42. The Bertz CT molecular complexity index is 668. The number of benzene rings is 2. The minimum Gasteiger partial charge on any atom is -0.465 e. The molecule has 0 aliphatic rings. The van der Waals surface area contributed by atoms with Crippen molar-refractivity contribution in [3.05, 3.63) is 59.7 Å². The van der Waals surface area contributed by atoms with E-state index in [1.807, 2.05) is 12.1 Å². The van der Waals surface area contributed by atoms with Gasteiger partial charge < -0.3 is 15.8 Å². The number of hydrogen-bond donors (Lipinski definition) is 2. The van der Waals surface area contributed by atoms with Gasteiger partial charge in [0.05, 0.1) is 19.1 Å². The molecule has 5 heteroatoms. The maximum Gasteiger partial charge on any atom is 0.337 e. The van der Waals surface area contributed by atoms with Crippen LogP contribution in [0.2, 0.25) is 0 Å². The molecule has 0 fully saturated rings. The molecule has 5 nitrogen and oxygen atoms in total. The molecule has 2 aromatic carbocycles. The van der Waals surface area contributed by atoms with Gasteiger partial charge in [-0.1, -0.05) is 24.3 Å². The van der Waals surface area contributed by atoms with Crippen LogP contribution in [-0.2, 0) is 16.0 Å². The Balaban J connectivity index is 2.06. The number of carbonyl (C=O) groups is 2. The van der Waals surface area contributed by atoms with Crippen molar-refractivity contribution in [2.24, 2.45) is 0 Å². The van der Waals surface area contributed by atoms with Crippen molar-refractivity contribution < 1.29 is 14.3 Å². The normalized spacial score (nSPS) is 9.95. The standard InChI is InChI=1S/C16H16N2O3/c1-21-16(20)12-6-4-7-13(9-12)18-15(19)10-11-5-2-3-8-14(11)17/h2-9H,10,17H2,1H3,(H,18,19). The van der Waals surface area contributed by atoms with Crippen LogP contribution in [0.25, 0.3) is 0 Å². The third-order valence-corrected chi connectivity index (χ3v) is 2.97. The SMILES string of the molecule is COC(=O)c1cccc(NC(=O)Cc2ccccc2N)c1. The lowest BCUT2D eigenvalue weighted by Gasteiger charge is -2.08. The number of hydrogen-bond acceptors (Lipinski definition) is 4. The molecule has 0 atom stereocenters. The van der Waals surface area contributed by atoms with Gasteiger partial charge in [-0.25, -0.2) is 4.79 Å². The minimum atomic E-state index is -0.446. The number of ether oxygens (including phenoxy) is 1. The third-order valence-electron chi connectivity index (χ3n) is 2.97. The van der Waals surface area contributed by atoms with E-state index in [9.17, 15) is 9.59 Å². The molecule has 3 N–H and O–H groups in total. The summed E-state index contributed by atoms with van der Waals surface area (Å²) in [6.45, 7) is 0. The summed E-state index contributed by atoms with van der Waals surface area (Å²) in [5, 5.41) is 2.73. The van der Waals surface area contributed by atoms with Gasteiger partial charge in [0.2, 0.25) is 5.91 Å². The lowest BCUT2D eigenvalue weighted by molar-refractivity contribution is -0.115. The molecule has 0 spiro atoms. The number of nitrogens with two attached hydrogens (primary N) is 1. The lowest BCUT2D eigenvalue weighted by atomic mass is 10.1. The van der Waals surface area contributed by atoms with Gasteiger partial charge in [0, 0.05) is 11.4 Å². The molecule has 0 aliphatic heterocycles. The van der Waals surface area contributed by atoms with Crippen LogP contribution >= 0.6 is 0 Å².